The van der Waals surface area contributed by atoms with Gasteiger partial charge in [0.15, 0.2) is 0 Å². The predicted molar refractivity (Wildman–Crippen MR) is 97.5 cm³/mol. The van der Waals surface area contributed by atoms with Crippen LogP contribution < -0.4 is 4.90 Å². The zero-order valence-corrected chi connectivity index (χ0v) is 15.7. The summed E-state index contributed by atoms with van der Waals surface area (Å²) in [6, 6.07) is 3.88. The van der Waals surface area contributed by atoms with Crippen LogP contribution >= 0.6 is 0 Å². The lowest BCUT2D eigenvalue weighted by atomic mass is 9.97. The van der Waals surface area contributed by atoms with E-state index in [0.29, 0.717) is 12.4 Å². The highest BCUT2D eigenvalue weighted by Gasteiger charge is 2.25. The topological polar surface area (TPSA) is 62.7 Å². The van der Waals surface area contributed by atoms with Crippen LogP contribution in [0.3, 0.4) is 0 Å². The van der Waals surface area contributed by atoms with E-state index in [4.69, 9.17) is 4.74 Å². The molecule has 2 heterocycles. The van der Waals surface area contributed by atoms with Crippen molar-refractivity contribution in [3.8, 4) is 0 Å². The maximum Gasteiger partial charge on any atom is 0.416 e. The summed E-state index contributed by atoms with van der Waals surface area (Å²) < 4.78 is 5.48. The van der Waals surface area contributed by atoms with Crippen molar-refractivity contribution in [3.63, 3.8) is 0 Å². The Morgan fingerprint density at radius 2 is 2.16 bits per heavy atom. The van der Waals surface area contributed by atoms with E-state index in [1.54, 1.807) is 11.1 Å². The third-order valence-corrected chi connectivity index (χ3v) is 4.17. The molecule has 1 aliphatic rings. The van der Waals surface area contributed by atoms with E-state index in [-0.39, 0.29) is 12.1 Å². The van der Waals surface area contributed by atoms with Gasteiger partial charge in [-0.1, -0.05) is 13.0 Å². The number of hydrogen-bond acceptors (Lipinski definition) is 4. The van der Waals surface area contributed by atoms with E-state index in [1.807, 2.05) is 44.7 Å². The van der Waals surface area contributed by atoms with E-state index in [0.717, 1.165) is 44.2 Å². The highest BCUT2D eigenvalue weighted by atomic mass is 16.6. The van der Waals surface area contributed by atoms with Gasteiger partial charge in [0.05, 0.1) is 6.04 Å². The molecule has 0 bridgehead atoms. The first-order chi connectivity index (χ1) is 11.9. The van der Waals surface area contributed by atoms with Crippen LogP contribution in [0.5, 0.6) is 0 Å². The maximum absolute atomic E-state index is 12.4. The maximum atomic E-state index is 12.4. The molecule has 1 aromatic rings. The number of anilines is 1. The number of amides is 2. The number of nitrogens with zero attached hydrogens (tertiary/aromatic N) is 3. The molecular formula is C19H29N3O3. The molecule has 138 valence electrons. The van der Waals surface area contributed by atoms with Crippen molar-refractivity contribution in [2.45, 2.75) is 65.0 Å². The molecule has 2 amide bonds. The Bertz CT molecular complexity index is 581. The van der Waals surface area contributed by atoms with Crippen LogP contribution in [-0.2, 0) is 9.53 Å². The Morgan fingerprint density at radius 1 is 1.40 bits per heavy atom. The first-order valence-electron chi connectivity index (χ1n) is 9.03. The number of rotatable bonds is 5. The largest absolute Gasteiger partial charge is 0.443 e. The first kappa shape index (κ1) is 19.2. The van der Waals surface area contributed by atoms with Crippen molar-refractivity contribution in [1.29, 1.82) is 0 Å². The van der Waals surface area contributed by atoms with Gasteiger partial charge < -0.3 is 9.64 Å². The van der Waals surface area contributed by atoms with Crippen LogP contribution in [0.4, 0.5) is 10.6 Å². The average Bonchev–Trinajstić information content (AvgIpc) is 2.58. The van der Waals surface area contributed by atoms with Gasteiger partial charge in [-0.15, -0.1) is 0 Å². The number of piperidine rings is 1. The Kier molecular flexibility index (Phi) is 6.39. The molecule has 0 saturated carbocycles. The van der Waals surface area contributed by atoms with E-state index in [1.165, 1.54) is 0 Å². The normalized spacial score (nSPS) is 17.9. The van der Waals surface area contributed by atoms with Gasteiger partial charge >= 0.3 is 6.09 Å². The lowest BCUT2D eigenvalue weighted by molar-refractivity contribution is -0.121. The quantitative estimate of drug-likeness (QED) is 0.758. The first-order valence-corrected chi connectivity index (χ1v) is 9.03. The zero-order chi connectivity index (χ0) is 18.4. The number of carbonyl (C=O) groups is 2. The van der Waals surface area contributed by atoms with Crippen molar-refractivity contribution in [2.75, 3.05) is 18.0 Å². The number of ether oxygens (including phenoxy) is 1. The number of pyridine rings is 1. The van der Waals surface area contributed by atoms with Crippen LogP contribution in [0.25, 0.3) is 0 Å². The van der Waals surface area contributed by atoms with Gasteiger partial charge in [-0.25, -0.2) is 9.78 Å². The Labute approximate surface area is 150 Å². The molecule has 6 heteroatoms. The summed E-state index contributed by atoms with van der Waals surface area (Å²) in [7, 11) is 0. The molecule has 1 saturated heterocycles. The van der Waals surface area contributed by atoms with Crippen molar-refractivity contribution in [3.05, 3.63) is 23.9 Å². The molecule has 1 aliphatic heterocycles. The summed E-state index contributed by atoms with van der Waals surface area (Å²) in [6.07, 6.45) is 6.22. The number of likely N-dealkylation sites (tertiary alicyclic amines) is 1. The Hall–Kier alpha value is -2.11. The molecule has 1 atom stereocenters. The summed E-state index contributed by atoms with van der Waals surface area (Å²) in [4.78, 5) is 31.6. The van der Waals surface area contributed by atoms with E-state index >= 15 is 0 Å². The lowest BCUT2D eigenvalue weighted by Crippen LogP contribution is -2.38. The minimum absolute atomic E-state index is 0.0777. The predicted octanol–water partition coefficient (Wildman–Crippen LogP) is 3.92. The van der Waals surface area contributed by atoms with Crippen molar-refractivity contribution in [1.82, 2.24) is 9.88 Å². The third-order valence-electron chi connectivity index (χ3n) is 4.17. The molecule has 0 spiro atoms. The van der Waals surface area contributed by atoms with Gasteiger partial charge in [-0.3, -0.25) is 9.69 Å². The third kappa shape index (κ3) is 5.18. The molecule has 2 rings (SSSR count). The minimum atomic E-state index is -0.546. The van der Waals surface area contributed by atoms with Crippen LogP contribution in [0.15, 0.2) is 18.3 Å². The average molecular weight is 347 g/mol. The summed E-state index contributed by atoms with van der Waals surface area (Å²) >= 11 is 0. The van der Waals surface area contributed by atoms with Crippen LogP contribution in [0, 0.1) is 0 Å². The van der Waals surface area contributed by atoms with Gasteiger partial charge in [-0.05, 0) is 58.1 Å². The van der Waals surface area contributed by atoms with Gasteiger partial charge in [0.25, 0.3) is 0 Å². The molecule has 0 N–H and O–H groups in total. The van der Waals surface area contributed by atoms with Gasteiger partial charge in [0.2, 0.25) is 6.41 Å². The van der Waals surface area contributed by atoms with E-state index in [9.17, 15) is 9.59 Å². The summed E-state index contributed by atoms with van der Waals surface area (Å²) in [6.45, 7) is 8.89. The van der Waals surface area contributed by atoms with Crippen LogP contribution in [-0.4, -0.2) is 41.1 Å². The van der Waals surface area contributed by atoms with Crippen molar-refractivity contribution >= 4 is 18.3 Å². The number of aromatic nitrogens is 1. The van der Waals surface area contributed by atoms with Gasteiger partial charge in [0.1, 0.15) is 11.4 Å². The molecule has 1 fully saturated rings. The van der Waals surface area contributed by atoms with Gasteiger partial charge in [0, 0.05) is 19.3 Å². The summed E-state index contributed by atoms with van der Waals surface area (Å²) in [5.41, 5.74) is 0.464. The van der Waals surface area contributed by atoms with Crippen molar-refractivity contribution < 1.29 is 14.3 Å². The molecule has 0 radical (unpaired) electrons. The second kappa shape index (κ2) is 8.32. The molecule has 0 aromatic carbocycles. The number of carbonyl (C=O) groups excluding carboxylic acids is 2. The molecule has 1 unspecified atom stereocenters. The fraction of sp³-hybridized carbons (Fsp3) is 0.632. The zero-order valence-electron chi connectivity index (χ0n) is 15.7. The van der Waals surface area contributed by atoms with Crippen LogP contribution in [0.2, 0.25) is 0 Å². The minimum Gasteiger partial charge on any atom is -0.443 e. The summed E-state index contributed by atoms with van der Waals surface area (Å²) in [5, 5.41) is 0. The molecular weight excluding hydrogens is 318 g/mol. The molecule has 1 aromatic heterocycles. The fourth-order valence-corrected chi connectivity index (χ4v) is 3.03. The molecule has 0 aliphatic carbocycles. The SMILES string of the molecule is CCCN(C(=O)OC(C)(C)C)c1ccc(C2CCCCN2C=O)cn1. The number of hydrogen-bond donors (Lipinski definition) is 0. The standard InChI is InChI=1S/C19H29N3O3/c1-5-11-22(18(24)25-19(2,3)4)17-10-9-15(13-20-17)16-8-6-7-12-21(16)14-23/h9-10,13-14,16H,5-8,11-12H2,1-4H3. The Morgan fingerprint density at radius 3 is 2.72 bits per heavy atom. The van der Waals surface area contributed by atoms with E-state index in [2.05, 4.69) is 4.98 Å². The van der Waals surface area contributed by atoms with Crippen LogP contribution in [0.1, 0.15) is 65.0 Å². The highest BCUT2D eigenvalue weighted by Crippen LogP contribution is 2.30. The fourth-order valence-electron chi connectivity index (χ4n) is 3.03. The smallest absolute Gasteiger partial charge is 0.416 e. The second-order valence-corrected chi connectivity index (χ2v) is 7.44. The molecule has 6 nitrogen and oxygen atoms in total. The van der Waals surface area contributed by atoms with Gasteiger partial charge in [-0.2, -0.15) is 0 Å². The lowest BCUT2D eigenvalue weighted by Gasteiger charge is -2.33. The molecule has 25 heavy (non-hydrogen) atoms. The highest BCUT2D eigenvalue weighted by molar-refractivity contribution is 5.86. The summed E-state index contributed by atoms with van der Waals surface area (Å²) in [5.74, 6) is 0.577. The van der Waals surface area contributed by atoms with E-state index < -0.39 is 5.60 Å². The Balaban J connectivity index is 2.17. The van der Waals surface area contributed by atoms with Crippen molar-refractivity contribution in [2.24, 2.45) is 0 Å². The second-order valence-electron chi connectivity index (χ2n) is 7.44. The monoisotopic (exact) mass is 347 g/mol.